The summed E-state index contributed by atoms with van der Waals surface area (Å²) in [7, 11) is 0. The van der Waals surface area contributed by atoms with E-state index in [9.17, 15) is 0 Å². The molecule has 4 nitrogen and oxygen atoms in total. The van der Waals surface area contributed by atoms with Gasteiger partial charge in [-0.05, 0) is 25.5 Å². The number of oxime groups is 1. The number of hydrogen-bond acceptors (Lipinski definition) is 3. The van der Waals surface area contributed by atoms with Gasteiger partial charge in [-0.2, -0.15) is 0 Å². The maximum atomic E-state index is 8.64. The van der Waals surface area contributed by atoms with Crippen LogP contribution in [0.4, 0.5) is 0 Å². The normalized spacial score (nSPS) is 11.5. The molecular formula is C11H16N2O2. The van der Waals surface area contributed by atoms with Gasteiger partial charge in [0.1, 0.15) is 5.75 Å². The van der Waals surface area contributed by atoms with Gasteiger partial charge in [-0.1, -0.05) is 23.7 Å². The van der Waals surface area contributed by atoms with E-state index in [0.717, 1.165) is 12.0 Å². The van der Waals surface area contributed by atoms with Crippen LogP contribution in [0.2, 0.25) is 0 Å². The number of ether oxygens (including phenoxy) is 1. The molecule has 0 unspecified atom stereocenters. The number of nitrogens with two attached hydrogens (primary N) is 1. The van der Waals surface area contributed by atoms with Gasteiger partial charge in [0.25, 0.3) is 0 Å². The molecule has 1 rings (SSSR count). The molecule has 4 heteroatoms. The van der Waals surface area contributed by atoms with Gasteiger partial charge in [-0.15, -0.1) is 0 Å². The Morgan fingerprint density at radius 1 is 1.53 bits per heavy atom. The fourth-order valence-corrected chi connectivity index (χ4v) is 1.24. The highest BCUT2D eigenvalue weighted by Crippen LogP contribution is 2.19. The molecule has 0 heterocycles. The maximum Gasteiger partial charge on any atom is 0.173 e. The lowest BCUT2D eigenvalue weighted by Crippen LogP contribution is -2.15. The average molecular weight is 208 g/mol. The van der Waals surface area contributed by atoms with Crippen LogP contribution in [0.15, 0.2) is 23.4 Å². The van der Waals surface area contributed by atoms with E-state index >= 15 is 0 Å². The molecule has 0 radical (unpaired) electrons. The molecule has 0 bridgehead atoms. The standard InChI is InChI=1S/C11H16N2O2/c1-3-6-15-10-5-4-8(2)7-9(10)11(12)13-14/h4-5,7,14H,3,6H2,1-2H3,(H2,12,13). The molecule has 3 N–H and O–H groups in total. The summed E-state index contributed by atoms with van der Waals surface area (Å²) in [4.78, 5) is 0. The zero-order valence-corrected chi connectivity index (χ0v) is 9.03. The van der Waals surface area contributed by atoms with Crippen molar-refractivity contribution in [2.24, 2.45) is 10.9 Å². The maximum absolute atomic E-state index is 8.64. The van der Waals surface area contributed by atoms with Gasteiger partial charge in [0.05, 0.1) is 12.2 Å². The summed E-state index contributed by atoms with van der Waals surface area (Å²) >= 11 is 0. The molecule has 1 aromatic rings. The van der Waals surface area contributed by atoms with Crippen molar-refractivity contribution in [1.82, 2.24) is 0 Å². The first-order valence-corrected chi connectivity index (χ1v) is 4.90. The summed E-state index contributed by atoms with van der Waals surface area (Å²) in [5.41, 5.74) is 7.23. The largest absolute Gasteiger partial charge is 0.493 e. The predicted molar refractivity (Wildman–Crippen MR) is 59.5 cm³/mol. The monoisotopic (exact) mass is 208 g/mol. The van der Waals surface area contributed by atoms with E-state index in [1.807, 2.05) is 32.0 Å². The summed E-state index contributed by atoms with van der Waals surface area (Å²) in [6.07, 6.45) is 0.920. The lowest BCUT2D eigenvalue weighted by Gasteiger charge is -2.10. The minimum absolute atomic E-state index is 0.0739. The molecule has 0 saturated heterocycles. The second-order valence-corrected chi connectivity index (χ2v) is 3.33. The first kappa shape index (κ1) is 11.4. The highest BCUT2D eigenvalue weighted by Gasteiger charge is 2.08. The van der Waals surface area contributed by atoms with E-state index in [-0.39, 0.29) is 5.84 Å². The fourth-order valence-electron chi connectivity index (χ4n) is 1.24. The molecule has 1 aromatic carbocycles. The number of aryl methyl sites for hydroxylation is 1. The average Bonchev–Trinajstić information content (AvgIpc) is 2.26. The molecule has 82 valence electrons. The number of rotatable bonds is 4. The molecule has 0 atom stereocenters. The van der Waals surface area contributed by atoms with Crippen molar-refractivity contribution in [1.29, 1.82) is 0 Å². The van der Waals surface area contributed by atoms with Crippen molar-refractivity contribution in [3.05, 3.63) is 29.3 Å². The Balaban J connectivity index is 3.03. The summed E-state index contributed by atoms with van der Waals surface area (Å²) < 4.78 is 5.49. The summed E-state index contributed by atoms with van der Waals surface area (Å²) in [6, 6.07) is 5.59. The topological polar surface area (TPSA) is 67.8 Å². The van der Waals surface area contributed by atoms with Gasteiger partial charge in [-0.3, -0.25) is 0 Å². The molecule has 0 aliphatic rings. The number of benzene rings is 1. The summed E-state index contributed by atoms with van der Waals surface area (Å²) in [6.45, 7) is 4.59. The van der Waals surface area contributed by atoms with Gasteiger partial charge in [0.15, 0.2) is 5.84 Å². The predicted octanol–water partition coefficient (Wildman–Crippen LogP) is 1.88. The minimum atomic E-state index is 0.0739. The summed E-state index contributed by atoms with van der Waals surface area (Å²) in [5, 5.41) is 11.6. The van der Waals surface area contributed by atoms with E-state index < -0.39 is 0 Å². The van der Waals surface area contributed by atoms with Gasteiger partial charge in [0, 0.05) is 0 Å². The number of hydrogen-bond donors (Lipinski definition) is 2. The van der Waals surface area contributed by atoms with Gasteiger partial charge >= 0.3 is 0 Å². The van der Waals surface area contributed by atoms with Crippen LogP contribution in [0, 0.1) is 6.92 Å². The Labute approximate surface area is 89.4 Å². The molecule has 15 heavy (non-hydrogen) atoms. The Morgan fingerprint density at radius 2 is 2.27 bits per heavy atom. The lowest BCUT2D eigenvalue weighted by molar-refractivity contribution is 0.311. The van der Waals surface area contributed by atoms with Crippen molar-refractivity contribution in [2.45, 2.75) is 20.3 Å². The highest BCUT2D eigenvalue weighted by atomic mass is 16.5. The van der Waals surface area contributed by atoms with Crippen LogP contribution >= 0.6 is 0 Å². The van der Waals surface area contributed by atoms with Crippen molar-refractivity contribution < 1.29 is 9.94 Å². The van der Waals surface area contributed by atoms with Crippen LogP contribution < -0.4 is 10.5 Å². The zero-order chi connectivity index (χ0) is 11.3. The van der Waals surface area contributed by atoms with E-state index in [1.54, 1.807) is 0 Å². The lowest BCUT2D eigenvalue weighted by atomic mass is 10.1. The third kappa shape index (κ3) is 2.87. The smallest absolute Gasteiger partial charge is 0.173 e. The molecule has 0 aliphatic heterocycles. The van der Waals surface area contributed by atoms with E-state index in [1.165, 1.54) is 0 Å². The summed E-state index contributed by atoms with van der Waals surface area (Å²) in [5.74, 6) is 0.725. The third-order valence-corrected chi connectivity index (χ3v) is 1.98. The van der Waals surface area contributed by atoms with E-state index in [0.29, 0.717) is 17.9 Å². The molecule has 0 spiro atoms. The van der Waals surface area contributed by atoms with Crippen molar-refractivity contribution in [3.8, 4) is 5.75 Å². The van der Waals surface area contributed by atoms with Gasteiger partial charge in [-0.25, -0.2) is 0 Å². The zero-order valence-electron chi connectivity index (χ0n) is 9.03. The Hall–Kier alpha value is -1.71. The number of amidine groups is 1. The minimum Gasteiger partial charge on any atom is -0.493 e. The second kappa shape index (κ2) is 5.24. The second-order valence-electron chi connectivity index (χ2n) is 3.33. The van der Waals surface area contributed by atoms with Crippen LogP contribution in [0.5, 0.6) is 5.75 Å². The highest BCUT2D eigenvalue weighted by molar-refractivity contribution is 5.99. The quantitative estimate of drug-likeness (QED) is 0.343. The Kier molecular flexibility index (Phi) is 3.97. The molecular weight excluding hydrogens is 192 g/mol. The molecule has 0 fully saturated rings. The van der Waals surface area contributed by atoms with Crippen LogP contribution in [-0.2, 0) is 0 Å². The van der Waals surface area contributed by atoms with Gasteiger partial charge < -0.3 is 15.7 Å². The first-order valence-electron chi connectivity index (χ1n) is 4.90. The Morgan fingerprint density at radius 3 is 2.87 bits per heavy atom. The van der Waals surface area contributed by atoms with Crippen LogP contribution in [0.1, 0.15) is 24.5 Å². The molecule has 0 saturated carbocycles. The van der Waals surface area contributed by atoms with Crippen LogP contribution in [-0.4, -0.2) is 17.6 Å². The van der Waals surface area contributed by atoms with Gasteiger partial charge in [0.2, 0.25) is 0 Å². The van der Waals surface area contributed by atoms with Crippen molar-refractivity contribution in [3.63, 3.8) is 0 Å². The van der Waals surface area contributed by atoms with Crippen LogP contribution in [0.25, 0.3) is 0 Å². The fraction of sp³-hybridized carbons (Fsp3) is 0.364. The SMILES string of the molecule is CCCOc1ccc(C)cc1/C(N)=N/O. The first-order chi connectivity index (χ1) is 7.19. The molecule has 0 aromatic heterocycles. The van der Waals surface area contributed by atoms with E-state index in [2.05, 4.69) is 5.16 Å². The molecule has 0 aliphatic carbocycles. The number of nitrogens with zero attached hydrogens (tertiary/aromatic N) is 1. The molecule has 0 amide bonds. The van der Waals surface area contributed by atoms with Crippen molar-refractivity contribution in [2.75, 3.05) is 6.61 Å². The third-order valence-electron chi connectivity index (χ3n) is 1.98. The van der Waals surface area contributed by atoms with E-state index in [4.69, 9.17) is 15.7 Å². The van der Waals surface area contributed by atoms with Crippen LogP contribution in [0.3, 0.4) is 0 Å². The Bertz CT molecular complexity index is 362. The van der Waals surface area contributed by atoms with Crippen molar-refractivity contribution >= 4 is 5.84 Å².